The van der Waals surface area contributed by atoms with Crippen LogP contribution >= 0.6 is 11.6 Å². The van der Waals surface area contributed by atoms with E-state index in [1.807, 2.05) is 43.3 Å². The van der Waals surface area contributed by atoms with Crippen molar-refractivity contribution in [1.29, 1.82) is 0 Å². The number of rotatable bonds is 5. The van der Waals surface area contributed by atoms with Gasteiger partial charge in [0.25, 0.3) is 5.91 Å². The van der Waals surface area contributed by atoms with E-state index in [1.165, 1.54) is 0 Å². The van der Waals surface area contributed by atoms with Gasteiger partial charge in [0.1, 0.15) is 5.75 Å². The van der Waals surface area contributed by atoms with E-state index in [9.17, 15) is 9.59 Å². The minimum absolute atomic E-state index is 0.0132. The second-order valence-corrected chi connectivity index (χ2v) is 7.53. The average Bonchev–Trinajstić information content (AvgIpc) is 2.71. The number of aryl methyl sites for hydroxylation is 1. The topological polar surface area (TPSA) is 58.6 Å². The summed E-state index contributed by atoms with van der Waals surface area (Å²) in [5, 5.41) is 3.61. The molecule has 6 heteroatoms. The lowest BCUT2D eigenvalue weighted by Crippen LogP contribution is -2.46. The van der Waals surface area contributed by atoms with E-state index in [4.69, 9.17) is 16.3 Å². The number of anilines is 1. The van der Waals surface area contributed by atoms with Gasteiger partial charge in [0.15, 0.2) is 6.10 Å². The molecule has 0 saturated carbocycles. The van der Waals surface area contributed by atoms with Crippen molar-refractivity contribution in [2.75, 3.05) is 18.4 Å². The van der Waals surface area contributed by atoms with Crippen molar-refractivity contribution < 1.29 is 14.3 Å². The highest BCUT2D eigenvalue weighted by molar-refractivity contribution is 6.31. The second kappa shape index (κ2) is 9.11. The monoisotopic (exact) mass is 400 g/mol. The number of nitrogens with zero attached hydrogens (tertiary/aromatic N) is 1. The number of carbonyl (C=O) groups is 2. The van der Waals surface area contributed by atoms with Crippen LogP contribution in [0.4, 0.5) is 5.69 Å². The van der Waals surface area contributed by atoms with Crippen LogP contribution in [0.15, 0.2) is 48.5 Å². The van der Waals surface area contributed by atoms with Crippen molar-refractivity contribution in [2.45, 2.75) is 32.8 Å². The van der Waals surface area contributed by atoms with Gasteiger partial charge in [-0.1, -0.05) is 29.8 Å². The number of hydrogen-bond donors (Lipinski definition) is 1. The van der Waals surface area contributed by atoms with Gasteiger partial charge in [-0.25, -0.2) is 0 Å². The number of ether oxygens (including phenoxy) is 1. The Morgan fingerprint density at radius 3 is 2.46 bits per heavy atom. The molecule has 2 aromatic rings. The maximum absolute atomic E-state index is 12.7. The number of halogens is 1. The first-order valence-corrected chi connectivity index (χ1v) is 9.89. The fourth-order valence-corrected chi connectivity index (χ4v) is 3.45. The molecule has 5 nitrogen and oxygen atoms in total. The van der Waals surface area contributed by atoms with Gasteiger partial charge in [0.05, 0.1) is 0 Å². The summed E-state index contributed by atoms with van der Waals surface area (Å²) in [5.41, 5.74) is 1.70. The van der Waals surface area contributed by atoms with Crippen LogP contribution in [0.25, 0.3) is 0 Å². The maximum Gasteiger partial charge on any atom is 0.263 e. The zero-order valence-corrected chi connectivity index (χ0v) is 16.9. The smallest absolute Gasteiger partial charge is 0.263 e. The molecule has 148 valence electrons. The summed E-state index contributed by atoms with van der Waals surface area (Å²) in [4.78, 5) is 26.9. The van der Waals surface area contributed by atoms with E-state index in [2.05, 4.69) is 5.32 Å². The van der Waals surface area contributed by atoms with Crippen molar-refractivity contribution in [3.63, 3.8) is 0 Å². The molecule has 0 spiro atoms. The van der Waals surface area contributed by atoms with Crippen LogP contribution in [0.1, 0.15) is 25.3 Å². The summed E-state index contributed by atoms with van der Waals surface area (Å²) in [7, 11) is 0. The molecule has 28 heavy (non-hydrogen) atoms. The number of benzene rings is 2. The van der Waals surface area contributed by atoms with Gasteiger partial charge in [0, 0.05) is 29.7 Å². The Hall–Kier alpha value is -2.53. The number of likely N-dealkylation sites (tertiary alicyclic amines) is 1. The molecule has 1 saturated heterocycles. The van der Waals surface area contributed by atoms with Gasteiger partial charge in [0.2, 0.25) is 5.91 Å². The van der Waals surface area contributed by atoms with Gasteiger partial charge in [-0.05, 0) is 62.6 Å². The van der Waals surface area contributed by atoms with E-state index in [-0.39, 0.29) is 17.7 Å². The second-order valence-electron chi connectivity index (χ2n) is 7.13. The minimum Gasteiger partial charge on any atom is -0.481 e. The molecule has 0 radical (unpaired) electrons. The summed E-state index contributed by atoms with van der Waals surface area (Å²) < 4.78 is 5.79. The molecular weight excluding hydrogens is 376 g/mol. The Labute approximate surface area is 170 Å². The SMILES string of the molecule is Cc1cc(O[C@H](C)C(=O)N2CCC(C(=O)Nc3ccccc3)CC2)ccc1Cl. The molecule has 1 heterocycles. The van der Waals surface area contributed by atoms with Crippen molar-refractivity contribution >= 4 is 29.1 Å². The lowest BCUT2D eigenvalue weighted by atomic mass is 9.95. The van der Waals surface area contributed by atoms with E-state index in [0.717, 1.165) is 11.3 Å². The molecule has 0 bridgehead atoms. The molecule has 0 aliphatic carbocycles. The predicted octanol–water partition coefficient (Wildman–Crippen LogP) is 4.29. The number of carbonyl (C=O) groups excluding carboxylic acids is 2. The first kappa shape index (κ1) is 20.2. The fraction of sp³-hybridized carbons (Fsp3) is 0.364. The molecule has 0 aromatic heterocycles. The van der Waals surface area contributed by atoms with E-state index >= 15 is 0 Å². The molecular formula is C22H25ClN2O3. The zero-order valence-electron chi connectivity index (χ0n) is 16.2. The third-order valence-electron chi connectivity index (χ3n) is 5.01. The normalized spacial score (nSPS) is 15.8. The number of para-hydroxylation sites is 1. The summed E-state index contributed by atoms with van der Waals surface area (Å²) >= 11 is 6.03. The molecule has 3 rings (SSSR count). The molecule has 2 aromatic carbocycles. The van der Waals surface area contributed by atoms with Gasteiger partial charge >= 0.3 is 0 Å². The number of nitrogens with one attached hydrogen (secondary N) is 1. The van der Waals surface area contributed by atoms with Crippen LogP contribution in [0.2, 0.25) is 5.02 Å². The van der Waals surface area contributed by atoms with Crippen molar-refractivity contribution in [3.05, 3.63) is 59.1 Å². The first-order valence-electron chi connectivity index (χ1n) is 9.51. The van der Waals surface area contributed by atoms with Crippen molar-refractivity contribution in [2.24, 2.45) is 5.92 Å². The third kappa shape index (κ3) is 5.04. The number of hydrogen-bond acceptors (Lipinski definition) is 3. The number of piperidine rings is 1. The van der Waals surface area contributed by atoms with Gasteiger partial charge in [-0.2, -0.15) is 0 Å². The Balaban J connectivity index is 1.50. The van der Waals surface area contributed by atoms with Crippen LogP contribution in [0.3, 0.4) is 0 Å². The Bertz CT molecular complexity index is 833. The molecule has 1 aliphatic rings. The quantitative estimate of drug-likeness (QED) is 0.814. The van der Waals surface area contributed by atoms with Crippen LogP contribution in [-0.2, 0) is 9.59 Å². The minimum atomic E-state index is -0.588. The zero-order chi connectivity index (χ0) is 20.1. The molecule has 2 amide bonds. The highest BCUT2D eigenvalue weighted by atomic mass is 35.5. The third-order valence-corrected chi connectivity index (χ3v) is 5.43. The van der Waals surface area contributed by atoms with Gasteiger partial charge in [-0.3, -0.25) is 9.59 Å². The standard InChI is InChI=1S/C22H25ClN2O3/c1-15-14-19(8-9-20(15)23)28-16(2)22(27)25-12-10-17(11-13-25)21(26)24-18-6-4-3-5-7-18/h3-9,14,16-17H,10-13H2,1-2H3,(H,24,26)/t16-/m1/s1. The average molecular weight is 401 g/mol. The Kier molecular flexibility index (Phi) is 6.57. The first-order chi connectivity index (χ1) is 13.4. The largest absolute Gasteiger partial charge is 0.481 e. The maximum atomic E-state index is 12.7. The van der Waals surface area contributed by atoms with Gasteiger partial charge in [-0.15, -0.1) is 0 Å². The molecule has 1 atom stereocenters. The lowest BCUT2D eigenvalue weighted by molar-refractivity contribution is -0.140. The van der Waals surface area contributed by atoms with Gasteiger partial charge < -0.3 is 15.0 Å². The van der Waals surface area contributed by atoms with Crippen LogP contribution in [-0.4, -0.2) is 35.9 Å². The Morgan fingerprint density at radius 1 is 1.14 bits per heavy atom. The van der Waals surface area contributed by atoms with E-state index < -0.39 is 6.10 Å². The number of amides is 2. The Morgan fingerprint density at radius 2 is 1.82 bits per heavy atom. The lowest BCUT2D eigenvalue weighted by Gasteiger charge is -2.33. The molecule has 1 aliphatic heterocycles. The summed E-state index contributed by atoms with van der Waals surface area (Å²) in [6.07, 6.45) is 0.712. The predicted molar refractivity (Wildman–Crippen MR) is 111 cm³/mol. The van der Waals surface area contributed by atoms with Crippen molar-refractivity contribution in [1.82, 2.24) is 4.90 Å². The van der Waals surface area contributed by atoms with Crippen LogP contribution in [0, 0.1) is 12.8 Å². The van der Waals surface area contributed by atoms with E-state index in [1.54, 1.807) is 24.0 Å². The highest BCUT2D eigenvalue weighted by Gasteiger charge is 2.30. The summed E-state index contributed by atoms with van der Waals surface area (Å²) in [6.45, 7) is 4.76. The van der Waals surface area contributed by atoms with Crippen molar-refractivity contribution in [3.8, 4) is 5.75 Å². The molecule has 1 N–H and O–H groups in total. The van der Waals surface area contributed by atoms with Crippen LogP contribution in [0.5, 0.6) is 5.75 Å². The molecule has 0 unspecified atom stereocenters. The summed E-state index contributed by atoms with van der Waals surface area (Å²) in [6, 6.07) is 14.8. The van der Waals surface area contributed by atoms with Crippen LogP contribution < -0.4 is 10.1 Å². The molecule has 1 fully saturated rings. The fourth-order valence-electron chi connectivity index (χ4n) is 3.33. The highest BCUT2D eigenvalue weighted by Crippen LogP contribution is 2.24. The van der Waals surface area contributed by atoms with E-state index in [0.29, 0.717) is 36.7 Å². The summed E-state index contributed by atoms with van der Waals surface area (Å²) in [5.74, 6) is 0.494.